The van der Waals surface area contributed by atoms with E-state index in [1.807, 2.05) is 0 Å². The maximum atomic E-state index is 12.3. The summed E-state index contributed by atoms with van der Waals surface area (Å²) in [4.78, 5) is 17.1. The second-order valence-corrected chi connectivity index (χ2v) is 10.3. The Balaban J connectivity index is 1.54. The largest absolute Gasteiger partial charge is 0.342 e. The minimum Gasteiger partial charge on any atom is -0.342 e. The fraction of sp³-hybridized carbons (Fsp3) is 0.519. The van der Waals surface area contributed by atoms with Crippen LogP contribution in [0.25, 0.3) is 0 Å². The molecule has 0 aliphatic carbocycles. The predicted octanol–water partition coefficient (Wildman–Crippen LogP) is 6.19. The average molecular weight is 483 g/mol. The standard InChI is InChI=1S/C27H35BrN2O/c1-3-26(22-10-12-25(28)13-11-22)29-18-14-24(15-19-29)27(23-8-5-4-6-9-23)16-7-17-30(20-27)21(2)31/h4-6,8-13,24,26H,3,7,14-20H2,1-2H3. The Labute approximate surface area is 195 Å². The minimum atomic E-state index is 0.0938. The Bertz CT molecular complexity index is 861. The van der Waals surface area contributed by atoms with Gasteiger partial charge in [-0.05, 0) is 74.4 Å². The Kier molecular flexibility index (Phi) is 7.18. The Morgan fingerprint density at radius 2 is 1.74 bits per heavy atom. The van der Waals surface area contributed by atoms with Gasteiger partial charge in [-0.3, -0.25) is 9.69 Å². The number of carbonyl (C=O) groups excluding carboxylic acids is 1. The van der Waals surface area contributed by atoms with Gasteiger partial charge in [0.15, 0.2) is 0 Å². The Hall–Kier alpha value is -1.65. The van der Waals surface area contributed by atoms with E-state index in [1.165, 1.54) is 30.4 Å². The van der Waals surface area contributed by atoms with Crippen LogP contribution < -0.4 is 0 Å². The molecule has 0 N–H and O–H groups in total. The van der Waals surface area contributed by atoms with Crippen LogP contribution in [-0.4, -0.2) is 41.9 Å². The van der Waals surface area contributed by atoms with Crippen molar-refractivity contribution in [3.63, 3.8) is 0 Å². The van der Waals surface area contributed by atoms with Gasteiger partial charge in [0.1, 0.15) is 0 Å². The third kappa shape index (κ3) is 4.75. The normalized spacial score (nSPS) is 24.2. The first-order valence-electron chi connectivity index (χ1n) is 11.8. The van der Waals surface area contributed by atoms with Crippen molar-refractivity contribution in [2.24, 2.45) is 5.92 Å². The summed E-state index contributed by atoms with van der Waals surface area (Å²) in [6.45, 7) is 8.08. The molecule has 2 fully saturated rings. The number of rotatable bonds is 5. The molecule has 2 unspecified atom stereocenters. The first kappa shape index (κ1) is 22.5. The molecule has 2 heterocycles. The summed E-state index contributed by atoms with van der Waals surface area (Å²) in [5.41, 5.74) is 2.94. The molecule has 2 aliphatic heterocycles. The molecule has 2 atom stereocenters. The van der Waals surface area contributed by atoms with Crippen molar-refractivity contribution in [1.82, 2.24) is 9.80 Å². The molecule has 4 heteroatoms. The number of carbonyl (C=O) groups is 1. The van der Waals surface area contributed by atoms with Gasteiger partial charge in [0, 0.05) is 35.9 Å². The maximum Gasteiger partial charge on any atom is 0.219 e. The second kappa shape index (κ2) is 9.87. The van der Waals surface area contributed by atoms with E-state index >= 15 is 0 Å². The number of likely N-dealkylation sites (tertiary alicyclic amines) is 2. The number of hydrogen-bond donors (Lipinski definition) is 0. The Morgan fingerprint density at radius 3 is 2.35 bits per heavy atom. The van der Waals surface area contributed by atoms with Crippen LogP contribution in [0.3, 0.4) is 0 Å². The monoisotopic (exact) mass is 482 g/mol. The molecular weight excluding hydrogens is 448 g/mol. The van der Waals surface area contributed by atoms with E-state index < -0.39 is 0 Å². The van der Waals surface area contributed by atoms with Crippen molar-refractivity contribution in [3.05, 3.63) is 70.2 Å². The molecule has 0 saturated carbocycles. The smallest absolute Gasteiger partial charge is 0.219 e. The second-order valence-electron chi connectivity index (χ2n) is 9.35. The van der Waals surface area contributed by atoms with Gasteiger partial charge in [-0.2, -0.15) is 0 Å². The number of benzene rings is 2. The highest BCUT2D eigenvalue weighted by Gasteiger charge is 2.45. The first-order chi connectivity index (χ1) is 15.0. The number of halogens is 1. The van der Waals surface area contributed by atoms with E-state index in [4.69, 9.17) is 0 Å². The molecule has 0 bridgehead atoms. The van der Waals surface area contributed by atoms with Crippen LogP contribution in [-0.2, 0) is 10.2 Å². The number of piperidine rings is 2. The van der Waals surface area contributed by atoms with Crippen molar-refractivity contribution in [2.45, 2.75) is 57.4 Å². The third-order valence-corrected chi connectivity index (χ3v) is 8.24. The highest BCUT2D eigenvalue weighted by atomic mass is 79.9. The summed E-state index contributed by atoms with van der Waals surface area (Å²) in [6.07, 6.45) is 5.83. The molecule has 3 nitrogen and oxygen atoms in total. The Morgan fingerprint density at radius 1 is 1.06 bits per heavy atom. The van der Waals surface area contributed by atoms with Crippen molar-refractivity contribution < 1.29 is 4.79 Å². The van der Waals surface area contributed by atoms with Crippen LogP contribution in [0, 0.1) is 5.92 Å². The molecule has 2 aromatic carbocycles. The van der Waals surface area contributed by atoms with Gasteiger partial charge in [-0.1, -0.05) is 65.3 Å². The summed E-state index contributed by atoms with van der Waals surface area (Å²) in [7, 11) is 0. The van der Waals surface area contributed by atoms with Gasteiger partial charge in [0.2, 0.25) is 5.91 Å². The summed E-state index contributed by atoms with van der Waals surface area (Å²) in [5, 5.41) is 0. The summed E-state index contributed by atoms with van der Waals surface area (Å²) in [5.74, 6) is 0.842. The molecular formula is C27H35BrN2O. The highest BCUT2D eigenvalue weighted by molar-refractivity contribution is 9.10. The zero-order valence-electron chi connectivity index (χ0n) is 18.9. The number of amides is 1. The number of hydrogen-bond acceptors (Lipinski definition) is 2. The van der Waals surface area contributed by atoms with Gasteiger partial charge in [-0.15, -0.1) is 0 Å². The maximum absolute atomic E-state index is 12.3. The van der Waals surface area contributed by atoms with Crippen molar-refractivity contribution in [2.75, 3.05) is 26.2 Å². The zero-order valence-corrected chi connectivity index (χ0v) is 20.5. The highest BCUT2D eigenvalue weighted by Crippen LogP contribution is 2.46. The summed E-state index contributed by atoms with van der Waals surface area (Å²) in [6, 6.07) is 20.4. The average Bonchev–Trinajstić information content (AvgIpc) is 2.82. The van der Waals surface area contributed by atoms with Crippen LogP contribution in [0.4, 0.5) is 0 Å². The lowest BCUT2D eigenvalue weighted by Gasteiger charge is -2.51. The molecule has 166 valence electrons. The summed E-state index contributed by atoms with van der Waals surface area (Å²) < 4.78 is 1.14. The van der Waals surface area contributed by atoms with Gasteiger partial charge >= 0.3 is 0 Å². The molecule has 2 saturated heterocycles. The fourth-order valence-corrected chi connectivity index (χ4v) is 6.35. The lowest BCUT2D eigenvalue weighted by atomic mass is 9.62. The van der Waals surface area contributed by atoms with E-state index in [9.17, 15) is 4.79 Å². The van der Waals surface area contributed by atoms with Gasteiger partial charge < -0.3 is 4.90 Å². The van der Waals surface area contributed by atoms with E-state index in [1.54, 1.807) is 6.92 Å². The topological polar surface area (TPSA) is 23.6 Å². The molecule has 0 radical (unpaired) electrons. The number of nitrogens with zero attached hydrogens (tertiary/aromatic N) is 2. The van der Waals surface area contributed by atoms with Crippen molar-refractivity contribution in [3.8, 4) is 0 Å². The van der Waals surface area contributed by atoms with Crippen LogP contribution in [0.2, 0.25) is 0 Å². The zero-order chi connectivity index (χ0) is 21.8. The van der Waals surface area contributed by atoms with E-state index in [-0.39, 0.29) is 11.3 Å². The predicted molar refractivity (Wildman–Crippen MR) is 131 cm³/mol. The van der Waals surface area contributed by atoms with Gasteiger partial charge in [-0.25, -0.2) is 0 Å². The van der Waals surface area contributed by atoms with Crippen LogP contribution in [0.15, 0.2) is 59.1 Å². The minimum absolute atomic E-state index is 0.0938. The third-order valence-electron chi connectivity index (χ3n) is 7.71. The molecule has 4 rings (SSSR count). The van der Waals surface area contributed by atoms with Gasteiger partial charge in [0.05, 0.1) is 0 Å². The lowest BCUT2D eigenvalue weighted by Crippen LogP contribution is -2.54. The molecule has 0 spiro atoms. The van der Waals surface area contributed by atoms with Crippen LogP contribution in [0.1, 0.15) is 63.1 Å². The lowest BCUT2D eigenvalue weighted by molar-refractivity contribution is -0.132. The molecule has 0 aromatic heterocycles. The van der Waals surface area contributed by atoms with Gasteiger partial charge in [0.25, 0.3) is 0 Å². The van der Waals surface area contributed by atoms with Crippen LogP contribution in [0.5, 0.6) is 0 Å². The molecule has 2 aliphatic rings. The van der Waals surface area contributed by atoms with E-state index in [2.05, 4.69) is 87.3 Å². The van der Waals surface area contributed by atoms with E-state index in [0.29, 0.717) is 12.0 Å². The molecule has 2 aromatic rings. The quantitative estimate of drug-likeness (QED) is 0.506. The summed E-state index contributed by atoms with van der Waals surface area (Å²) >= 11 is 3.57. The fourth-order valence-electron chi connectivity index (χ4n) is 6.08. The first-order valence-corrected chi connectivity index (χ1v) is 12.6. The van der Waals surface area contributed by atoms with Crippen molar-refractivity contribution in [1.29, 1.82) is 0 Å². The van der Waals surface area contributed by atoms with E-state index in [0.717, 1.165) is 43.5 Å². The van der Waals surface area contributed by atoms with Crippen LogP contribution >= 0.6 is 15.9 Å². The molecule has 31 heavy (non-hydrogen) atoms. The molecule has 1 amide bonds. The van der Waals surface area contributed by atoms with Crippen molar-refractivity contribution >= 4 is 21.8 Å². The SMILES string of the molecule is CCC(c1ccc(Br)cc1)N1CCC(C2(c3ccccc3)CCCN(C(C)=O)C2)CC1.